The Morgan fingerprint density at radius 1 is 1.41 bits per heavy atom. The van der Waals surface area contributed by atoms with Gasteiger partial charge in [0.15, 0.2) is 0 Å². The lowest BCUT2D eigenvalue weighted by Crippen LogP contribution is -2.09. The van der Waals surface area contributed by atoms with Crippen molar-refractivity contribution in [3.05, 3.63) is 46.8 Å². The lowest BCUT2D eigenvalue weighted by Gasteiger charge is -2.09. The van der Waals surface area contributed by atoms with Crippen molar-refractivity contribution in [2.45, 2.75) is 20.0 Å². The number of aromatic nitrogens is 2. The molecule has 0 atom stereocenters. The van der Waals surface area contributed by atoms with Gasteiger partial charge in [0.05, 0.1) is 13.3 Å². The Kier molecular flexibility index (Phi) is 4.75. The highest BCUT2D eigenvalue weighted by Gasteiger charge is 2.24. The predicted molar refractivity (Wildman–Crippen MR) is 75.0 cm³/mol. The van der Waals surface area contributed by atoms with E-state index >= 15 is 0 Å². The van der Waals surface area contributed by atoms with Crippen LogP contribution < -0.4 is 4.74 Å². The molecule has 2 rings (SSSR count). The van der Waals surface area contributed by atoms with Gasteiger partial charge in [-0.15, -0.1) is 0 Å². The summed E-state index contributed by atoms with van der Waals surface area (Å²) < 4.78 is 37.0. The summed E-state index contributed by atoms with van der Waals surface area (Å²) in [6, 6.07) is 5.35. The van der Waals surface area contributed by atoms with Crippen molar-refractivity contribution in [2.75, 3.05) is 7.11 Å². The molecule has 0 radical (unpaired) electrons. The second kappa shape index (κ2) is 6.55. The molecule has 118 valence electrons. The van der Waals surface area contributed by atoms with Crippen molar-refractivity contribution in [2.24, 2.45) is 7.05 Å². The van der Waals surface area contributed by atoms with Crippen molar-refractivity contribution < 1.29 is 23.0 Å². The van der Waals surface area contributed by atoms with Crippen LogP contribution in [0, 0.1) is 6.92 Å². The van der Waals surface area contributed by atoms with Gasteiger partial charge in [-0.05, 0) is 24.1 Å². The van der Waals surface area contributed by atoms with E-state index in [4.69, 9.17) is 9.47 Å². The molecule has 1 heterocycles. The zero-order chi connectivity index (χ0) is 16.3. The SMILES string of the molecule is COc1cc(COC(=O)c2cnn(C)c2C(F)F)ccc1C. The fourth-order valence-electron chi connectivity index (χ4n) is 2.04. The fraction of sp³-hybridized carbons (Fsp3) is 0.333. The predicted octanol–water partition coefficient (Wildman–Crippen LogP) is 3.03. The lowest BCUT2D eigenvalue weighted by molar-refractivity contribution is 0.0460. The number of hydrogen-bond acceptors (Lipinski definition) is 4. The molecule has 0 amide bonds. The van der Waals surface area contributed by atoms with Crippen LogP contribution in [0.15, 0.2) is 24.4 Å². The van der Waals surface area contributed by atoms with Crippen LogP contribution in [0.4, 0.5) is 8.78 Å². The first-order valence-corrected chi connectivity index (χ1v) is 6.54. The zero-order valence-corrected chi connectivity index (χ0v) is 12.5. The Morgan fingerprint density at radius 2 is 2.14 bits per heavy atom. The quantitative estimate of drug-likeness (QED) is 0.797. The number of carbonyl (C=O) groups is 1. The van der Waals surface area contributed by atoms with Crippen LogP contribution in [0.1, 0.15) is 33.6 Å². The zero-order valence-electron chi connectivity index (χ0n) is 12.5. The summed E-state index contributed by atoms with van der Waals surface area (Å²) in [5.41, 5.74) is 0.978. The van der Waals surface area contributed by atoms with E-state index in [-0.39, 0.29) is 12.2 Å². The van der Waals surface area contributed by atoms with Crippen LogP contribution in [0.5, 0.6) is 5.75 Å². The molecular weight excluding hydrogens is 294 g/mol. The normalized spacial score (nSPS) is 10.8. The molecule has 1 aromatic heterocycles. The molecule has 5 nitrogen and oxygen atoms in total. The van der Waals surface area contributed by atoms with Gasteiger partial charge in [0.2, 0.25) is 0 Å². The Labute approximate surface area is 126 Å². The first-order chi connectivity index (χ1) is 10.4. The molecule has 7 heteroatoms. The molecule has 0 N–H and O–H groups in total. The summed E-state index contributed by atoms with van der Waals surface area (Å²) in [7, 11) is 2.89. The molecule has 0 aliphatic heterocycles. The third-order valence-electron chi connectivity index (χ3n) is 3.25. The molecule has 0 aliphatic carbocycles. The van der Waals surface area contributed by atoms with Crippen LogP contribution in [0.25, 0.3) is 0 Å². The molecule has 0 spiro atoms. The van der Waals surface area contributed by atoms with E-state index in [1.165, 1.54) is 7.05 Å². The van der Waals surface area contributed by atoms with Crippen molar-refractivity contribution in [1.29, 1.82) is 0 Å². The van der Waals surface area contributed by atoms with Gasteiger partial charge in [-0.25, -0.2) is 13.6 Å². The topological polar surface area (TPSA) is 53.4 Å². The molecule has 0 fully saturated rings. The minimum Gasteiger partial charge on any atom is -0.496 e. The van der Waals surface area contributed by atoms with Crippen LogP contribution in [-0.4, -0.2) is 22.9 Å². The Morgan fingerprint density at radius 3 is 2.77 bits per heavy atom. The van der Waals surface area contributed by atoms with Crippen molar-refractivity contribution in [3.63, 3.8) is 0 Å². The van der Waals surface area contributed by atoms with E-state index in [1.807, 2.05) is 13.0 Å². The molecule has 2 aromatic rings. The number of halogens is 2. The summed E-state index contributed by atoms with van der Waals surface area (Å²) in [5.74, 6) is -0.161. The highest BCUT2D eigenvalue weighted by atomic mass is 19.3. The molecule has 0 saturated carbocycles. The number of nitrogens with zero attached hydrogens (tertiary/aromatic N) is 2. The van der Waals surface area contributed by atoms with E-state index in [0.717, 1.165) is 16.4 Å². The largest absolute Gasteiger partial charge is 0.496 e. The van der Waals surface area contributed by atoms with E-state index in [1.54, 1.807) is 19.2 Å². The molecular formula is C15H16F2N2O3. The molecule has 0 unspecified atom stereocenters. The smallest absolute Gasteiger partial charge is 0.342 e. The van der Waals surface area contributed by atoms with Gasteiger partial charge in [-0.2, -0.15) is 5.10 Å². The van der Waals surface area contributed by atoms with Gasteiger partial charge in [0, 0.05) is 7.05 Å². The first-order valence-electron chi connectivity index (χ1n) is 6.54. The Bertz CT molecular complexity index is 683. The van der Waals surface area contributed by atoms with E-state index < -0.39 is 18.1 Å². The summed E-state index contributed by atoms with van der Waals surface area (Å²) >= 11 is 0. The van der Waals surface area contributed by atoms with Crippen molar-refractivity contribution in [1.82, 2.24) is 9.78 Å². The highest BCUT2D eigenvalue weighted by Crippen LogP contribution is 2.24. The number of methoxy groups -OCH3 is 1. The van der Waals surface area contributed by atoms with E-state index in [0.29, 0.717) is 11.3 Å². The first kappa shape index (κ1) is 15.9. The monoisotopic (exact) mass is 310 g/mol. The number of hydrogen-bond donors (Lipinski definition) is 0. The van der Waals surface area contributed by atoms with Gasteiger partial charge in [0.1, 0.15) is 23.6 Å². The van der Waals surface area contributed by atoms with E-state index in [9.17, 15) is 13.6 Å². The minimum atomic E-state index is -2.80. The van der Waals surface area contributed by atoms with Gasteiger partial charge in [-0.3, -0.25) is 4.68 Å². The number of carbonyl (C=O) groups excluding carboxylic acids is 1. The number of aryl methyl sites for hydroxylation is 2. The fourth-order valence-corrected chi connectivity index (χ4v) is 2.04. The number of ether oxygens (including phenoxy) is 2. The summed E-state index contributed by atoms with van der Waals surface area (Å²) in [5, 5.41) is 3.67. The molecule has 22 heavy (non-hydrogen) atoms. The average Bonchev–Trinajstić information content (AvgIpc) is 2.88. The van der Waals surface area contributed by atoms with Gasteiger partial charge < -0.3 is 9.47 Å². The van der Waals surface area contributed by atoms with Crippen LogP contribution >= 0.6 is 0 Å². The van der Waals surface area contributed by atoms with Gasteiger partial charge in [0.25, 0.3) is 6.43 Å². The number of esters is 1. The molecule has 0 aliphatic rings. The minimum absolute atomic E-state index is 0.0347. The van der Waals surface area contributed by atoms with Crippen LogP contribution in [0.2, 0.25) is 0 Å². The lowest BCUT2D eigenvalue weighted by atomic mass is 10.1. The number of alkyl halides is 2. The maximum absolute atomic E-state index is 12.9. The third kappa shape index (κ3) is 3.24. The third-order valence-corrected chi connectivity index (χ3v) is 3.25. The molecule has 0 bridgehead atoms. The Balaban J connectivity index is 2.10. The van der Waals surface area contributed by atoms with E-state index in [2.05, 4.69) is 5.10 Å². The summed E-state index contributed by atoms with van der Waals surface area (Å²) in [6.07, 6.45) is -1.71. The highest BCUT2D eigenvalue weighted by molar-refractivity contribution is 5.90. The maximum atomic E-state index is 12.9. The second-order valence-corrected chi connectivity index (χ2v) is 4.75. The van der Waals surface area contributed by atoms with Crippen molar-refractivity contribution in [3.8, 4) is 5.75 Å². The average molecular weight is 310 g/mol. The van der Waals surface area contributed by atoms with Gasteiger partial charge >= 0.3 is 5.97 Å². The number of benzene rings is 1. The summed E-state index contributed by atoms with van der Waals surface area (Å²) in [6.45, 7) is 1.85. The Hall–Kier alpha value is -2.44. The number of rotatable bonds is 5. The molecule has 0 saturated heterocycles. The van der Waals surface area contributed by atoms with Crippen molar-refractivity contribution >= 4 is 5.97 Å². The second-order valence-electron chi connectivity index (χ2n) is 4.75. The summed E-state index contributed by atoms with van der Waals surface area (Å²) in [4.78, 5) is 11.9. The van der Waals surface area contributed by atoms with Crippen LogP contribution in [0.3, 0.4) is 0 Å². The van der Waals surface area contributed by atoms with Crippen LogP contribution in [-0.2, 0) is 18.4 Å². The maximum Gasteiger partial charge on any atom is 0.342 e. The standard InChI is InChI=1S/C15H16F2N2O3/c1-9-4-5-10(6-12(9)21-3)8-22-15(20)11-7-18-19(2)13(11)14(16)17/h4-7,14H,8H2,1-3H3. The molecule has 1 aromatic carbocycles. The van der Waals surface area contributed by atoms with Gasteiger partial charge in [-0.1, -0.05) is 12.1 Å².